The summed E-state index contributed by atoms with van der Waals surface area (Å²) in [6, 6.07) is 2.13. The number of thiophene rings is 1. The van der Waals surface area contributed by atoms with E-state index in [1.807, 2.05) is 13.8 Å². The molecule has 0 saturated heterocycles. The summed E-state index contributed by atoms with van der Waals surface area (Å²) >= 11 is 3.09. The van der Waals surface area contributed by atoms with E-state index in [9.17, 15) is 4.79 Å². The number of nitrogens with zero attached hydrogens (tertiary/aromatic N) is 3. The molecule has 6 heteroatoms. The van der Waals surface area contributed by atoms with Crippen LogP contribution in [-0.4, -0.2) is 15.3 Å². The van der Waals surface area contributed by atoms with Crippen molar-refractivity contribution in [3.63, 3.8) is 0 Å². The number of thioether (sulfide) groups is 1. The fraction of sp³-hybridized carbons (Fsp3) is 0.400. The molecule has 0 saturated carbocycles. The van der Waals surface area contributed by atoms with Crippen LogP contribution in [0.4, 0.5) is 0 Å². The minimum atomic E-state index is 0.00420. The van der Waals surface area contributed by atoms with E-state index in [1.165, 1.54) is 11.8 Å². The third kappa shape index (κ3) is 3.20. The van der Waals surface area contributed by atoms with E-state index in [2.05, 4.69) is 17.6 Å². The van der Waals surface area contributed by atoms with Gasteiger partial charge in [0.15, 0.2) is 5.16 Å². The zero-order valence-corrected chi connectivity index (χ0v) is 13.8. The van der Waals surface area contributed by atoms with Gasteiger partial charge >= 0.3 is 0 Å². The van der Waals surface area contributed by atoms with E-state index in [4.69, 9.17) is 5.26 Å². The van der Waals surface area contributed by atoms with E-state index in [1.54, 1.807) is 22.0 Å². The lowest BCUT2D eigenvalue weighted by atomic mass is 10.2. The Hall–Kier alpha value is -1.58. The summed E-state index contributed by atoms with van der Waals surface area (Å²) in [6.07, 6.45) is 3.03. The number of hydrogen-bond acceptors (Lipinski definition) is 5. The fourth-order valence-electron chi connectivity index (χ4n) is 2.02. The highest BCUT2D eigenvalue weighted by Gasteiger charge is 2.15. The second-order valence-electron chi connectivity index (χ2n) is 4.67. The van der Waals surface area contributed by atoms with Crippen LogP contribution >= 0.6 is 23.1 Å². The molecule has 0 aliphatic heterocycles. The average Bonchev–Trinajstić information content (AvgIpc) is 2.74. The molecule has 0 spiro atoms. The Balaban J connectivity index is 2.48. The lowest BCUT2D eigenvalue weighted by molar-refractivity contribution is 0.672. The fourth-order valence-corrected chi connectivity index (χ4v) is 4.04. The summed E-state index contributed by atoms with van der Waals surface area (Å²) in [5.41, 5.74) is 1.02. The van der Waals surface area contributed by atoms with Gasteiger partial charge in [0.25, 0.3) is 5.56 Å². The molecule has 0 aliphatic rings. The van der Waals surface area contributed by atoms with Crippen LogP contribution in [-0.2, 0) is 6.54 Å². The van der Waals surface area contributed by atoms with Crippen LogP contribution in [0.3, 0.4) is 0 Å². The number of aromatic nitrogens is 2. The lowest BCUT2D eigenvalue weighted by Gasteiger charge is -2.09. The quantitative estimate of drug-likeness (QED) is 0.353. The maximum absolute atomic E-state index is 12.7. The minimum Gasteiger partial charge on any atom is -0.283 e. The first-order chi connectivity index (χ1) is 10.1. The van der Waals surface area contributed by atoms with E-state index in [-0.39, 0.29) is 5.56 Å². The summed E-state index contributed by atoms with van der Waals surface area (Å²) in [4.78, 5) is 19.3. The van der Waals surface area contributed by atoms with Crippen LogP contribution in [0.15, 0.2) is 22.6 Å². The predicted octanol–water partition coefficient (Wildman–Crippen LogP) is 3.66. The Morgan fingerprint density at radius 1 is 1.52 bits per heavy atom. The van der Waals surface area contributed by atoms with Crippen LogP contribution < -0.4 is 5.56 Å². The zero-order valence-electron chi connectivity index (χ0n) is 12.2. The van der Waals surface area contributed by atoms with E-state index < -0.39 is 0 Å². The molecule has 0 fully saturated rings. The molecule has 2 aromatic rings. The van der Waals surface area contributed by atoms with Gasteiger partial charge in [0, 0.05) is 23.6 Å². The Labute approximate surface area is 132 Å². The van der Waals surface area contributed by atoms with Gasteiger partial charge in [-0.05, 0) is 25.8 Å². The van der Waals surface area contributed by atoms with Gasteiger partial charge in [-0.3, -0.25) is 9.36 Å². The van der Waals surface area contributed by atoms with Crippen molar-refractivity contribution >= 4 is 33.3 Å². The second kappa shape index (κ2) is 6.92. The normalized spacial score (nSPS) is 10.7. The molecule has 0 bridgehead atoms. The van der Waals surface area contributed by atoms with E-state index in [0.29, 0.717) is 18.1 Å². The third-order valence-electron chi connectivity index (χ3n) is 3.23. The first-order valence-electron chi connectivity index (χ1n) is 6.71. The number of rotatable bonds is 6. The van der Waals surface area contributed by atoms with E-state index in [0.717, 1.165) is 32.8 Å². The van der Waals surface area contributed by atoms with Gasteiger partial charge in [-0.15, -0.1) is 17.9 Å². The molecule has 2 aromatic heterocycles. The summed E-state index contributed by atoms with van der Waals surface area (Å²) in [5.74, 6) is 0.784. The number of aryl methyl sites for hydroxylation is 2. The Bertz CT molecular complexity index is 768. The molecule has 2 rings (SSSR count). The van der Waals surface area contributed by atoms with Crippen LogP contribution in [0, 0.1) is 25.2 Å². The van der Waals surface area contributed by atoms with Crippen molar-refractivity contribution in [2.45, 2.75) is 38.4 Å². The Kier molecular flexibility index (Phi) is 5.21. The van der Waals surface area contributed by atoms with Crippen LogP contribution in [0.2, 0.25) is 0 Å². The monoisotopic (exact) mass is 319 g/mol. The molecule has 0 aromatic carbocycles. The van der Waals surface area contributed by atoms with Crippen molar-refractivity contribution in [1.82, 2.24) is 9.55 Å². The maximum atomic E-state index is 12.7. The first-order valence-corrected chi connectivity index (χ1v) is 8.51. The number of allylic oxidation sites excluding steroid dienone is 1. The topological polar surface area (TPSA) is 58.7 Å². The summed E-state index contributed by atoms with van der Waals surface area (Å²) < 4.78 is 1.67. The number of fused-ring (bicyclic) bond motifs is 1. The van der Waals surface area contributed by atoms with Gasteiger partial charge in [-0.2, -0.15) is 5.26 Å². The summed E-state index contributed by atoms with van der Waals surface area (Å²) in [7, 11) is 0. The van der Waals surface area contributed by atoms with Crippen molar-refractivity contribution in [3.05, 3.63) is 33.4 Å². The minimum absolute atomic E-state index is 0.00420. The first kappa shape index (κ1) is 15.8. The predicted molar refractivity (Wildman–Crippen MR) is 89.1 cm³/mol. The van der Waals surface area contributed by atoms with Gasteiger partial charge in [-0.1, -0.05) is 17.8 Å². The number of unbranched alkanes of at least 4 members (excludes halogenated alkanes) is 1. The summed E-state index contributed by atoms with van der Waals surface area (Å²) in [5, 5.41) is 10.0. The zero-order chi connectivity index (χ0) is 15.4. The van der Waals surface area contributed by atoms with E-state index >= 15 is 0 Å². The van der Waals surface area contributed by atoms with Gasteiger partial charge < -0.3 is 0 Å². The molecular formula is C15H17N3OS2. The Morgan fingerprint density at radius 3 is 2.95 bits per heavy atom. The molecular weight excluding hydrogens is 302 g/mol. The van der Waals surface area contributed by atoms with Gasteiger partial charge in [-0.25, -0.2) is 4.98 Å². The molecule has 0 atom stereocenters. The molecule has 0 N–H and O–H groups in total. The highest BCUT2D eigenvalue weighted by atomic mass is 32.2. The lowest BCUT2D eigenvalue weighted by Crippen LogP contribution is -2.22. The second-order valence-corrected chi connectivity index (χ2v) is 6.94. The summed E-state index contributed by atoms with van der Waals surface area (Å²) in [6.45, 7) is 8.15. The molecule has 0 unspecified atom stereocenters. The smallest absolute Gasteiger partial charge is 0.263 e. The molecule has 0 aliphatic carbocycles. The van der Waals surface area contributed by atoms with Crippen LogP contribution in [0.25, 0.3) is 10.2 Å². The highest BCUT2D eigenvalue weighted by Crippen LogP contribution is 2.28. The van der Waals surface area contributed by atoms with Crippen molar-refractivity contribution in [2.24, 2.45) is 0 Å². The van der Waals surface area contributed by atoms with Crippen molar-refractivity contribution in [3.8, 4) is 6.07 Å². The molecule has 110 valence electrons. The third-order valence-corrected chi connectivity index (χ3v) is 5.39. The van der Waals surface area contributed by atoms with Gasteiger partial charge in [0.1, 0.15) is 4.83 Å². The largest absolute Gasteiger partial charge is 0.283 e. The van der Waals surface area contributed by atoms with Crippen LogP contribution in [0.5, 0.6) is 0 Å². The molecule has 0 amide bonds. The van der Waals surface area contributed by atoms with Crippen molar-refractivity contribution in [1.29, 1.82) is 5.26 Å². The molecule has 0 radical (unpaired) electrons. The SMILES string of the molecule is C=CCn1c(SCCCC#N)nc2sc(C)c(C)c2c1=O. The molecule has 2 heterocycles. The molecule has 4 nitrogen and oxygen atoms in total. The van der Waals surface area contributed by atoms with Crippen LogP contribution in [0.1, 0.15) is 23.3 Å². The van der Waals surface area contributed by atoms with Gasteiger partial charge in [0.2, 0.25) is 0 Å². The van der Waals surface area contributed by atoms with Crippen molar-refractivity contribution < 1.29 is 0 Å². The maximum Gasteiger partial charge on any atom is 0.263 e. The van der Waals surface area contributed by atoms with Gasteiger partial charge in [0.05, 0.1) is 11.5 Å². The Morgan fingerprint density at radius 2 is 2.29 bits per heavy atom. The highest BCUT2D eigenvalue weighted by molar-refractivity contribution is 7.99. The number of hydrogen-bond donors (Lipinski definition) is 0. The average molecular weight is 319 g/mol. The number of nitriles is 1. The molecule has 21 heavy (non-hydrogen) atoms. The van der Waals surface area contributed by atoms with Crippen molar-refractivity contribution in [2.75, 3.05) is 5.75 Å². The standard InChI is InChI=1S/C15H17N3OS2/c1-4-8-18-14(19)12-10(2)11(3)21-13(12)17-15(18)20-9-6-5-7-16/h4H,1,5-6,8-9H2,2-3H3.